The van der Waals surface area contributed by atoms with E-state index in [0.717, 1.165) is 25.2 Å². The number of rotatable bonds is 5. The van der Waals surface area contributed by atoms with Crippen LogP contribution in [0.15, 0.2) is 36.5 Å². The number of methoxy groups -OCH3 is 2. The number of benzene rings is 1. The Balaban J connectivity index is 1.50. The van der Waals surface area contributed by atoms with Crippen LogP contribution in [0.25, 0.3) is 10.1 Å². The summed E-state index contributed by atoms with van der Waals surface area (Å²) in [6.45, 7) is 3.70. The van der Waals surface area contributed by atoms with Crippen LogP contribution in [0.4, 0.5) is 11.5 Å². The summed E-state index contributed by atoms with van der Waals surface area (Å²) in [4.78, 5) is 21.1. The van der Waals surface area contributed by atoms with Gasteiger partial charge in [-0.15, -0.1) is 11.3 Å². The molecular weight excluding hydrogens is 386 g/mol. The van der Waals surface area contributed by atoms with Crippen molar-refractivity contribution in [1.29, 1.82) is 0 Å². The van der Waals surface area contributed by atoms with Crippen molar-refractivity contribution < 1.29 is 14.3 Å². The molecule has 0 unspecified atom stereocenters. The maximum absolute atomic E-state index is 12.9. The number of thiophene rings is 1. The third-order valence-corrected chi connectivity index (χ3v) is 6.31. The first-order chi connectivity index (χ1) is 14.1. The van der Waals surface area contributed by atoms with E-state index >= 15 is 0 Å². The molecule has 29 heavy (non-hydrogen) atoms. The molecule has 1 amide bonds. The Bertz CT molecular complexity index is 1030. The molecule has 1 saturated heterocycles. The first kappa shape index (κ1) is 19.5. The van der Waals surface area contributed by atoms with E-state index < -0.39 is 0 Å². The normalized spacial score (nSPS) is 16.7. The molecule has 1 aliphatic rings. The van der Waals surface area contributed by atoms with Crippen LogP contribution in [-0.4, -0.2) is 38.2 Å². The van der Waals surface area contributed by atoms with Crippen LogP contribution >= 0.6 is 11.3 Å². The highest BCUT2D eigenvalue weighted by Gasteiger charge is 2.27. The Morgan fingerprint density at radius 3 is 2.83 bits per heavy atom. The van der Waals surface area contributed by atoms with E-state index in [4.69, 9.17) is 9.47 Å². The van der Waals surface area contributed by atoms with Gasteiger partial charge in [0, 0.05) is 46.0 Å². The number of ether oxygens (including phenoxy) is 2. The standard InChI is InChI=1S/C22H25N3O3S/c1-14-11-17-20(29-14)8-9-23-21(17)25-10-4-5-15(13-25)22(26)24-16-6-7-18(27-2)19(12-16)28-3/h6-9,11-12,15H,4-5,10,13H2,1-3H3,(H,24,26)/t15-/m1/s1. The van der Waals surface area contributed by atoms with Gasteiger partial charge in [-0.1, -0.05) is 0 Å². The van der Waals surface area contributed by atoms with Crippen molar-refractivity contribution in [2.24, 2.45) is 5.92 Å². The van der Waals surface area contributed by atoms with E-state index in [1.54, 1.807) is 37.7 Å². The van der Waals surface area contributed by atoms with Crippen LogP contribution in [0.5, 0.6) is 11.5 Å². The van der Waals surface area contributed by atoms with E-state index in [0.29, 0.717) is 23.7 Å². The summed E-state index contributed by atoms with van der Waals surface area (Å²) in [5.41, 5.74) is 0.707. The summed E-state index contributed by atoms with van der Waals surface area (Å²) in [5, 5.41) is 4.21. The molecular formula is C22H25N3O3S. The van der Waals surface area contributed by atoms with Crippen molar-refractivity contribution in [3.63, 3.8) is 0 Å². The van der Waals surface area contributed by atoms with Gasteiger partial charge in [0.2, 0.25) is 5.91 Å². The molecule has 3 aromatic rings. The van der Waals surface area contributed by atoms with Crippen LogP contribution < -0.4 is 19.7 Å². The minimum absolute atomic E-state index is 0.0237. The molecule has 1 N–H and O–H groups in total. The van der Waals surface area contributed by atoms with E-state index in [1.807, 2.05) is 12.3 Å². The second kappa shape index (κ2) is 8.29. The number of nitrogens with zero attached hydrogens (tertiary/aromatic N) is 2. The molecule has 152 valence electrons. The van der Waals surface area contributed by atoms with Crippen LogP contribution in [0.1, 0.15) is 17.7 Å². The number of nitrogens with one attached hydrogen (secondary N) is 1. The topological polar surface area (TPSA) is 63.7 Å². The van der Waals surface area contributed by atoms with E-state index in [9.17, 15) is 4.79 Å². The summed E-state index contributed by atoms with van der Waals surface area (Å²) in [6.07, 6.45) is 3.69. The average Bonchev–Trinajstić information content (AvgIpc) is 3.13. The maximum atomic E-state index is 12.9. The fourth-order valence-corrected chi connectivity index (χ4v) is 4.78. The molecule has 2 aromatic heterocycles. The molecule has 1 fully saturated rings. The number of piperidine rings is 1. The summed E-state index contributed by atoms with van der Waals surface area (Å²) in [7, 11) is 3.18. The highest BCUT2D eigenvalue weighted by atomic mass is 32.1. The minimum atomic E-state index is -0.0892. The first-order valence-electron chi connectivity index (χ1n) is 9.72. The molecule has 4 rings (SSSR count). The lowest BCUT2D eigenvalue weighted by Crippen LogP contribution is -2.41. The van der Waals surface area contributed by atoms with Gasteiger partial charge in [-0.3, -0.25) is 4.79 Å². The van der Waals surface area contributed by atoms with Crippen molar-refractivity contribution in [2.75, 3.05) is 37.5 Å². The number of hydrogen-bond donors (Lipinski definition) is 1. The minimum Gasteiger partial charge on any atom is -0.493 e. The fraction of sp³-hybridized carbons (Fsp3) is 0.364. The Labute approximate surface area is 174 Å². The van der Waals surface area contributed by atoms with E-state index in [2.05, 4.69) is 34.3 Å². The van der Waals surface area contributed by atoms with Gasteiger partial charge in [-0.05, 0) is 44.0 Å². The zero-order chi connectivity index (χ0) is 20.4. The second-order valence-electron chi connectivity index (χ2n) is 7.25. The van der Waals surface area contributed by atoms with Gasteiger partial charge in [0.15, 0.2) is 11.5 Å². The predicted molar refractivity (Wildman–Crippen MR) is 117 cm³/mol. The monoisotopic (exact) mass is 411 g/mol. The van der Waals surface area contributed by atoms with E-state index in [-0.39, 0.29) is 11.8 Å². The van der Waals surface area contributed by atoms with Crippen molar-refractivity contribution in [1.82, 2.24) is 4.98 Å². The molecule has 1 aliphatic heterocycles. The highest BCUT2D eigenvalue weighted by Crippen LogP contribution is 2.34. The number of pyridine rings is 1. The Morgan fingerprint density at radius 2 is 2.03 bits per heavy atom. The zero-order valence-corrected chi connectivity index (χ0v) is 17.7. The van der Waals surface area contributed by atoms with Gasteiger partial charge in [0.25, 0.3) is 0 Å². The number of amides is 1. The summed E-state index contributed by atoms with van der Waals surface area (Å²) in [6, 6.07) is 9.66. The van der Waals surface area contributed by atoms with Crippen molar-refractivity contribution >= 4 is 38.8 Å². The van der Waals surface area contributed by atoms with Gasteiger partial charge in [-0.25, -0.2) is 4.98 Å². The largest absolute Gasteiger partial charge is 0.493 e. The third-order valence-electron chi connectivity index (χ3n) is 5.29. The number of carbonyl (C=O) groups is 1. The smallest absolute Gasteiger partial charge is 0.229 e. The quantitative estimate of drug-likeness (QED) is 0.671. The average molecular weight is 412 g/mol. The summed E-state index contributed by atoms with van der Waals surface area (Å²) >= 11 is 1.78. The molecule has 0 spiro atoms. The van der Waals surface area contributed by atoms with Crippen molar-refractivity contribution in [3.05, 3.63) is 41.4 Å². The molecule has 0 radical (unpaired) electrons. The Hall–Kier alpha value is -2.80. The highest BCUT2D eigenvalue weighted by molar-refractivity contribution is 7.19. The number of carbonyl (C=O) groups excluding carboxylic acids is 1. The lowest BCUT2D eigenvalue weighted by molar-refractivity contribution is -0.120. The van der Waals surface area contributed by atoms with Gasteiger partial charge >= 0.3 is 0 Å². The summed E-state index contributed by atoms with van der Waals surface area (Å²) < 4.78 is 11.8. The molecule has 1 aromatic carbocycles. The lowest BCUT2D eigenvalue weighted by Gasteiger charge is -2.33. The van der Waals surface area contributed by atoms with Crippen molar-refractivity contribution in [3.8, 4) is 11.5 Å². The lowest BCUT2D eigenvalue weighted by atomic mass is 9.96. The number of aryl methyl sites for hydroxylation is 1. The Kier molecular flexibility index (Phi) is 5.58. The van der Waals surface area contributed by atoms with Crippen LogP contribution in [-0.2, 0) is 4.79 Å². The van der Waals surface area contributed by atoms with Crippen LogP contribution in [0.2, 0.25) is 0 Å². The molecule has 0 aliphatic carbocycles. The van der Waals surface area contributed by atoms with Gasteiger partial charge in [-0.2, -0.15) is 0 Å². The Morgan fingerprint density at radius 1 is 1.21 bits per heavy atom. The number of anilines is 2. The predicted octanol–water partition coefficient (Wildman–Crippen LogP) is 4.48. The van der Waals surface area contributed by atoms with Crippen LogP contribution in [0.3, 0.4) is 0 Å². The van der Waals surface area contributed by atoms with Gasteiger partial charge < -0.3 is 19.7 Å². The van der Waals surface area contributed by atoms with E-state index in [1.165, 1.54) is 15.0 Å². The van der Waals surface area contributed by atoms with Crippen LogP contribution in [0, 0.1) is 12.8 Å². The first-order valence-corrected chi connectivity index (χ1v) is 10.5. The molecule has 0 saturated carbocycles. The molecule has 0 bridgehead atoms. The summed E-state index contributed by atoms with van der Waals surface area (Å²) in [5.74, 6) is 2.15. The number of hydrogen-bond acceptors (Lipinski definition) is 6. The molecule has 3 heterocycles. The van der Waals surface area contributed by atoms with Crippen molar-refractivity contribution in [2.45, 2.75) is 19.8 Å². The zero-order valence-electron chi connectivity index (χ0n) is 16.9. The molecule has 1 atom stereocenters. The van der Waals surface area contributed by atoms with Gasteiger partial charge in [0.05, 0.1) is 20.1 Å². The SMILES string of the molecule is COc1ccc(NC(=O)[C@@H]2CCCN(c3nccc4sc(C)cc34)C2)cc1OC. The maximum Gasteiger partial charge on any atom is 0.229 e. The third kappa shape index (κ3) is 4.00. The number of fused-ring (bicyclic) bond motifs is 1. The molecule has 6 nitrogen and oxygen atoms in total. The fourth-order valence-electron chi connectivity index (χ4n) is 3.87. The molecule has 7 heteroatoms. The van der Waals surface area contributed by atoms with Gasteiger partial charge in [0.1, 0.15) is 5.82 Å². The second-order valence-corrected chi connectivity index (χ2v) is 8.54. The number of aromatic nitrogens is 1.